The number of hydrogen-bond acceptors (Lipinski definition) is 6. The van der Waals surface area contributed by atoms with Crippen LogP contribution in [0.15, 0.2) is 25.0 Å². The summed E-state index contributed by atoms with van der Waals surface area (Å²) >= 11 is 0. The monoisotopic (exact) mass is 354 g/mol. The van der Waals surface area contributed by atoms with E-state index in [1.807, 2.05) is 12.4 Å². The molecule has 0 saturated carbocycles. The van der Waals surface area contributed by atoms with E-state index in [0.717, 1.165) is 48.7 Å². The molecule has 4 heterocycles. The minimum absolute atomic E-state index is 0.268. The molecule has 1 aliphatic heterocycles. The molecular formula is C18H26N8. The van der Waals surface area contributed by atoms with Gasteiger partial charge < -0.3 is 19.8 Å². The molecule has 4 rings (SSSR count). The molecule has 3 aromatic rings. The maximum Gasteiger partial charge on any atom is 0.182 e. The molecule has 0 unspecified atom stereocenters. The first-order chi connectivity index (χ1) is 12.6. The fraction of sp³-hybridized carbons (Fsp3) is 0.556. The number of aromatic nitrogens is 6. The van der Waals surface area contributed by atoms with Gasteiger partial charge >= 0.3 is 0 Å². The SMILES string of the molecule is CC(C)[C@H](NC1CCN(c2ncnc3nc[nH]c23)CC1)c1nccn1C. The second kappa shape index (κ2) is 7.03. The van der Waals surface area contributed by atoms with Crippen LogP contribution in [0.5, 0.6) is 0 Å². The molecule has 0 amide bonds. The van der Waals surface area contributed by atoms with Crippen LogP contribution >= 0.6 is 0 Å². The Kier molecular flexibility index (Phi) is 4.58. The molecule has 1 atom stereocenters. The summed E-state index contributed by atoms with van der Waals surface area (Å²) in [7, 11) is 2.06. The Labute approximate surface area is 153 Å². The summed E-state index contributed by atoms with van der Waals surface area (Å²) in [5.41, 5.74) is 1.65. The normalized spacial score (nSPS) is 17.3. The Balaban J connectivity index is 1.43. The molecule has 2 N–H and O–H groups in total. The number of piperidine rings is 1. The van der Waals surface area contributed by atoms with Gasteiger partial charge in [-0.15, -0.1) is 0 Å². The smallest absolute Gasteiger partial charge is 0.182 e. The molecule has 3 aromatic heterocycles. The number of hydrogen-bond donors (Lipinski definition) is 2. The highest BCUT2D eigenvalue weighted by molar-refractivity contribution is 5.82. The topological polar surface area (TPSA) is 87.5 Å². The second-order valence-corrected chi connectivity index (χ2v) is 7.34. The standard InChI is InChI=1S/C18H26N8/c1-12(2)14(17-19-6-9-25(17)3)24-13-4-7-26(8-5-13)18-15-16(21-10-20-15)22-11-23-18/h6,9-14,24H,4-5,7-8H2,1-3H3,(H,20,21,22,23)/t14-/m0/s1. The number of imidazole rings is 2. The minimum atomic E-state index is 0.268. The quantitative estimate of drug-likeness (QED) is 0.729. The number of H-pyrrole nitrogens is 1. The average molecular weight is 354 g/mol. The number of aromatic amines is 1. The van der Waals surface area contributed by atoms with Crippen molar-refractivity contribution in [2.45, 2.75) is 38.8 Å². The average Bonchev–Trinajstić information content (AvgIpc) is 3.28. The largest absolute Gasteiger partial charge is 0.355 e. The van der Waals surface area contributed by atoms with Crippen LogP contribution in [0.2, 0.25) is 0 Å². The predicted octanol–water partition coefficient (Wildman–Crippen LogP) is 2.04. The lowest BCUT2D eigenvalue weighted by molar-refractivity contribution is 0.307. The number of fused-ring (bicyclic) bond motifs is 1. The molecular weight excluding hydrogens is 328 g/mol. The van der Waals surface area contributed by atoms with Crippen LogP contribution in [-0.4, -0.2) is 48.6 Å². The van der Waals surface area contributed by atoms with Gasteiger partial charge in [0.25, 0.3) is 0 Å². The Hall–Kier alpha value is -2.48. The molecule has 0 spiro atoms. The van der Waals surface area contributed by atoms with E-state index in [2.05, 4.69) is 60.6 Å². The van der Waals surface area contributed by atoms with E-state index in [9.17, 15) is 0 Å². The third-order valence-electron chi connectivity index (χ3n) is 5.22. The Morgan fingerprint density at radius 1 is 1.15 bits per heavy atom. The van der Waals surface area contributed by atoms with Crippen LogP contribution in [0, 0.1) is 5.92 Å². The zero-order valence-electron chi connectivity index (χ0n) is 15.6. The predicted molar refractivity (Wildman–Crippen MR) is 101 cm³/mol. The summed E-state index contributed by atoms with van der Waals surface area (Å²) in [5, 5.41) is 3.84. The zero-order valence-corrected chi connectivity index (χ0v) is 15.6. The van der Waals surface area contributed by atoms with E-state index in [-0.39, 0.29) is 6.04 Å². The van der Waals surface area contributed by atoms with Gasteiger partial charge in [-0.25, -0.2) is 19.9 Å². The molecule has 8 nitrogen and oxygen atoms in total. The molecule has 0 aliphatic carbocycles. The van der Waals surface area contributed by atoms with Gasteiger partial charge in [0.15, 0.2) is 11.5 Å². The molecule has 8 heteroatoms. The third kappa shape index (κ3) is 3.16. The molecule has 1 saturated heterocycles. The number of nitrogens with one attached hydrogen (secondary N) is 2. The third-order valence-corrected chi connectivity index (χ3v) is 5.22. The van der Waals surface area contributed by atoms with E-state index in [0.29, 0.717) is 12.0 Å². The van der Waals surface area contributed by atoms with Gasteiger partial charge in [-0.1, -0.05) is 13.8 Å². The van der Waals surface area contributed by atoms with Crippen LogP contribution in [0.4, 0.5) is 5.82 Å². The second-order valence-electron chi connectivity index (χ2n) is 7.34. The molecule has 0 bridgehead atoms. The molecule has 1 aliphatic rings. The van der Waals surface area contributed by atoms with Crippen molar-refractivity contribution < 1.29 is 0 Å². The first kappa shape index (κ1) is 17.0. The van der Waals surface area contributed by atoms with Crippen molar-refractivity contribution in [3.63, 3.8) is 0 Å². The Bertz CT molecular complexity index is 859. The summed E-state index contributed by atoms with van der Waals surface area (Å²) < 4.78 is 2.11. The van der Waals surface area contributed by atoms with Crippen LogP contribution < -0.4 is 10.2 Å². The lowest BCUT2D eigenvalue weighted by atomic mass is 9.98. The van der Waals surface area contributed by atoms with E-state index in [4.69, 9.17) is 0 Å². The van der Waals surface area contributed by atoms with E-state index >= 15 is 0 Å². The molecule has 0 aromatic carbocycles. The zero-order chi connectivity index (χ0) is 18.1. The summed E-state index contributed by atoms with van der Waals surface area (Å²) in [5.74, 6) is 2.55. The van der Waals surface area contributed by atoms with Gasteiger partial charge in [0.2, 0.25) is 0 Å². The van der Waals surface area contributed by atoms with E-state index in [1.165, 1.54) is 0 Å². The van der Waals surface area contributed by atoms with Crippen molar-refractivity contribution in [2.24, 2.45) is 13.0 Å². The maximum absolute atomic E-state index is 4.56. The van der Waals surface area contributed by atoms with E-state index in [1.54, 1.807) is 12.7 Å². The van der Waals surface area contributed by atoms with Crippen LogP contribution in [0.25, 0.3) is 11.2 Å². The summed E-state index contributed by atoms with van der Waals surface area (Å²) in [6.45, 7) is 6.43. The minimum Gasteiger partial charge on any atom is -0.355 e. The number of nitrogens with zero attached hydrogens (tertiary/aromatic N) is 6. The first-order valence-electron chi connectivity index (χ1n) is 9.25. The molecule has 1 fully saturated rings. The molecule has 138 valence electrons. The van der Waals surface area contributed by atoms with Crippen LogP contribution in [0.1, 0.15) is 38.6 Å². The lowest BCUT2D eigenvalue weighted by Crippen LogP contribution is -2.45. The maximum atomic E-state index is 4.56. The van der Waals surface area contributed by atoms with Gasteiger partial charge in [-0.3, -0.25) is 0 Å². The van der Waals surface area contributed by atoms with Gasteiger partial charge in [-0.05, 0) is 18.8 Å². The highest BCUT2D eigenvalue weighted by atomic mass is 15.2. The summed E-state index contributed by atoms with van der Waals surface area (Å²) in [6, 6.07) is 0.749. The van der Waals surface area contributed by atoms with Crippen LogP contribution in [0.3, 0.4) is 0 Å². The van der Waals surface area contributed by atoms with Gasteiger partial charge in [0.05, 0.1) is 12.4 Å². The van der Waals surface area contributed by atoms with Gasteiger partial charge in [0, 0.05) is 38.6 Å². The van der Waals surface area contributed by atoms with Crippen molar-refractivity contribution in [3.05, 3.63) is 30.9 Å². The number of aryl methyl sites for hydroxylation is 1. The van der Waals surface area contributed by atoms with Crippen molar-refractivity contribution in [3.8, 4) is 0 Å². The number of anilines is 1. The fourth-order valence-corrected chi connectivity index (χ4v) is 3.75. The molecule has 0 radical (unpaired) electrons. The number of rotatable bonds is 5. The van der Waals surface area contributed by atoms with E-state index < -0.39 is 0 Å². The lowest BCUT2D eigenvalue weighted by Gasteiger charge is -2.36. The van der Waals surface area contributed by atoms with Crippen molar-refractivity contribution in [1.29, 1.82) is 0 Å². The first-order valence-corrected chi connectivity index (χ1v) is 9.25. The fourth-order valence-electron chi connectivity index (χ4n) is 3.75. The van der Waals surface area contributed by atoms with Gasteiger partial charge in [0.1, 0.15) is 17.7 Å². The summed E-state index contributed by atoms with van der Waals surface area (Å²) in [6.07, 6.45) is 9.32. The Morgan fingerprint density at radius 3 is 2.65 bits per heavy atom. The molecule has 26 heavy (non-hydrogen) atoms. The highest BCUT2D eigenvalue weighted by Crippen LogP contribution is 2.26. The van der Waals surface area contributed by atoms with Crippen molar-refractivity contribution in [1.82, 2.24) is 34.8 Å². The van der Waals surface area contributed by atoms with Crippen molar-refractivity contribution in [2.75, 3.05) is 18.0 Å². The Morgan fingerprint density at radius 2 is 1.96 bits per heavy atom. The van der Waals surface area contributed by atoms with Crippen LogP contribution in [-0.2, 0) is 7.05 Å². The van der Waals surface area contributed by atoms with Crippen molar-refractivity contribution >= 4 is 17.0 Å². The highest BCUT2D eigenvalue weighted by Gasteiger charge is 2.27. The summed E-state index contributed by atoms with van der Waals surface area (Å²) in [4.78, 5) is 23.0. The van der Waals surface area contributed by atoms with Gasteiger partial charge in [-0.2, -0.15) is 0 Å².